The molecule has 1 aromatic heterocycles. The summed E-state index contributed by atoms with van der Waals surface area (Å²) >= 11 is 0. The van der Waals surface area contributed by atoms with E-state index in [0.29, 0.717) is 38.4 Å². The van der Waals surface area contributed by atoms with Gasteiger partial charge in [0.1, 0.15) is 0 Å². The SMILES string of the molecule is Nc1ncc2c(n1)CC(c1ccccc1-c1ccccc1)C=C2NOC(=O)CN1CCOCC1. The maximum absolute atomic E-state index is 12.5. The largest absolute Gasteiger partial charge is 0.379 e. The van der Waals surface area contributed by atoms with Gasteiger partial charge in [0.05, 0.1) is 31.1 Å². The highest BCUT2D eigenvalue weighted by Gasteiger charge is 2.26. The Morgan fingerprint density at radius 1 is 1.09 bits per heavy atom. The van der Waals surface area contributed by atoms with Gasteiger partial charge < -0.3 is 15.3 Å². The number of nitrogen functional groups attached to an aromatic ring is 1. The summed E-state index contributed by atoms with van der Waals surface area (Å²) in [5.41, 5.74) is 14.5. The number of morpholine rings is 1. The van der Waals surface area contributed by atoms with Crippen LogP contribution in [0.25, 0.3) is 16.8 Å². The number of ether oxygens (including phenoxy) is 1. The monoisotopic (exact) mass is 457 g/mol. The van der Waals surface area contributed by atoms with Crippen molar-refractivity contribution >= 4 is 17.6 Å². The van der Waals surface area contributed by atoms with Gasteiger partial charge in [-0.15, -0.1) is 0 Å². The van der Waals surface area contributed by atoms with E-state index >= 15 is 0 Å². The van der Waals surface area contributed by atoms with Gasteiger partial charge in [-0.05, 0) is 22.8 Å². The Morgan fingerprint density at radius 3 is 2.68 bits per heavy atom. The molecule has 1 fully saturated rings. The number of benzene rings is 2. The van der Waals surface area contributed by atoms with Crippen LogP contribution in [0.1, 0.15) is 22.7 Å². The molecule has 0 saturated carbocycles. The average molecular weight is 458 g/mol. The van der Waals surface area contributed by atoms with E-state index in [1.807, 2.05) is 35.2 Å². The van der Waals surface area contributed by atoms with E-state index in [9.17, 15) is 4.79 Å². The van der Waals surface area contributed by atoms with E-state index in [4.69, 9.17) is 15.3 Å². The fourth-order valence-electron chi connectivity index (χ4n) is 4.45. The quantitative estimate of drug-likeness (QED) is 0.545. The normalized spacial score (nSPS) is 18.0. The highest BCUT2D eigenvalue weighted by Crippen LogP contribution is 2.37. The summed E-state index contributed by atoms with van der Waals surface area (Å²) in [6.07, 6.45) is 4.41. The molecule has 0 radical (unpaired) electrons. The first-order chi connectivity index (χ1) is 16.7. The number of hydrogen-bond acceptors (Lipinski definition) is 8. The van der Waals surface area contributed by atoms with E-state index in [2.05, 4.69) is 45.8 Å². The van der Waals surface area contributed by atoms with Crippen LogP contribution in [0.15, 0.2) is 66.9 Å². The van der Waals surface area contributed by atoms with Crippen LogP contribution in [0.2, 0.25) is 0 Å². The molecule has 8 heteroatoms. The second-order valence-electron chi connectivity index (χ2n) is 8.40. The van der Waals surface area contributed by atoms with Crippen molar-refractivity contribution in [3.8, 4) is 11.1 Å². The fourth-order valence-corrected chi connectivity index (χ4v) is 4.45. The molecular formula is C26H27N5O3. The molecule has 1 unspecified atom stereocenters. The van der Waals surface area contributed by atoms with E-state index < -0.39 is 0 Å². The summed E-state index contributed by atoms with van der Waals surface area (Å²) in [7, 11) is 0. The molecule has 1 saturated heterocycles. The lowest BCUT2D eigenvalue weighted by Crippen LogP contribution is -2.41. The van der Waals surface area contributed by atoms with Crippen molar-refractivity contribution in [1.29, 1.82) is 0 Å². The third kappa shape index (κ3) is 4.93. The van der Waals surface area contributed by atoms with Crippen LogP contribution in [0.3, 0.4) is 0 Å². The molecule has 2 aromatic carbocycles. The van der Waals surface area contributed by atoms with Gasteiger partial charge in [-0.25, -0.2) is 20.2 Å². The molecule has 2 aliphatic rings. The summed E-state index contributed by atoms with van der Waals surface area (Å²) in [5, 5.41) is 0. The number of anilines is 1. The van der Waals surface area contributed by atoms with Crippen LogP contribution in [-0.4, -0.2) is 53.7 Å². The van der Waals surface area contributed by atoms with Gasteiger partial charge in [0.25, 0.3) is 0 Å². The lowest BCUT2D eigenvalue weighted by molar-refractivity contribution is -0.150. The Balaban J connectivity index is 1.41. The van der Waals surface area contributed by atoms with Crippen molar-refractivity contribution in [2.75, 3.05) is 38.6 Å². The van der Waals surface area contributed by atoms with Crippen molar-refractivity contribution in [1.82, 2.24) is 20.3 Å². The molecular weight excluding hydrogens is 430 g/mol. The first-order valence-electron chi connectivity index (χ1n) is 11.4. The minimum atomic E-state index is -0.354. The number of fused-ring (bicyclic) bond motifs is 1. The molecule has 3 aromatic rings. The first kappa shape index (κ1) is 22.1. The van der Waals surface area contributed by atoms with Crippen LogP contribution in [0.4, 0.5) is 5.95 Å². The molecule has 3 N–H and O–H groups in total. The molecule has 1 aliphatic heterocycles. The Hall–Kier alpha value is -3.75. The molecule has 8 nitrogen and oxygen atoms in total. The summed E-state index contributed by atoms with van der Waals surface area (Å²) in [6, 6.07) is 18.6. The number of nitrogens with zero attached hydrogens (tertiary/aromatic N) is 3. The summed E-state index contributed by atoms with van der Waals surface area (Å²) < 4.78 is 5.34. The molecule has 2 heterocycles. The van der Waals surface area contributed by atoms with Crippen molar-refractivity contribution in [3.63, 3.8) is 0 Å². The third-order valence-corrected chi connectivity index (χ3v) is 6.13. The first-order valence-corrected chi connectivity index (χ1v) is 11.4. The molecule has 174 valence electrons. The second kappa shape index (κ2) is 10.0. The zero-order valence-corrected chi connectivity index (χ0v) is 18.8. The predicted molar refractivity (Wildman–Crippen MR) is 129 cm³/mol. The van der Waals surface area contributed by atoms with Gasteiger partial charge in [0, 0.05) is 37.2 Å². The number of aromatic nitrogens is 2. The van der Waals surface area contributed by atoms with Crippen LogP contribution in [0, 0.1) is 0 Å². The van der Waals surface area contributed by atoms with Crippen molar-refractivity contribution in [2.45, 2.75) is 12.3 Å². The maximum Gasteiger partial charge on any atom is 0.345 e. The predicted octanol–water partition coefficient (Wildman–Crippen LogP) is 2.79. The number of hydroxylamine groups is 1. The number of carbonyl (C=O) groups is 1. The minimum Gasteiger partial charge on any atom is -0.379 e. The highest BCUT2D eigenvalue weighted by atomic mass is 16.7. The average Bonchev–Trinajstić information content (AvgIpc) is 2.88. The summed E-state index contributed by atoms with van der Waals surface area (Å²) in [6.45, 7) is 2.88. The number of nitrogens with two attached hydrogens (primary N) is 1. The smallest absolute Gasteiger partial charge is 0.345 e. The van der Waals surface area contributed by atoms with E-state index in [1.165, 1.54) is 0 Å². The Labute approximate surface area is 198 Å². The minimum absolute atomic E-state index is 0.0126. The van der Waals surface area contributed by atoms with Crippen LogP contribution in [-0.2, 0) is 20.8 Å². The number of hydrogen-bond donors (Lipinski definition) is 2. The molecule has 1 atom stereocenters. The molecule has 0 amide bonds. The molecule has 0 spiro atoms. The lowest BCUT2D eigenvalue weighted by atomic mass is 9.83. The second-order valence-corrected chi connectivity index (χ2v) is 8.40. The van der Waals surface area contributed by atoms with Gasteiger partial charge in [-0.1, -0.05) is 54.6 Å². The summed E-state index contributed by atoms with van der Waals surface area (Å²) in [5.74, 6) is -0.120. The zero-order chi connectivity index (χ0) is 23.3. The molecule has 5 rings (SSSR count). The number of carbonyl (C=O) groups excluding carboxylic acids is 1. The summed E-state index contributed by atoms with van der Waals surface area (Å²) in [4.78, 5) is 28.6. The number of rotatable bonds is 6. The maximum atomic E-state index is 12.5. The Kier molecular flexibility index (Phi) is 6.51. The lowest BCUT2D eigenvalue weighted by Gasteiger charge is -2.27. The van der Waals surface area contributed by atoms with Gasteiger partial charge in [0.2, 0.25) is 5.95 Å². The van der Waals surface area contributed by atoms with E-state index in [0.717, 1.165) is 27.9 Å². The van der Waals surface area contributed by atoms with Gasteiger partial charge in [0.15, 0.2) is 0 Å². The number of nitrogens with one attached hydrogen (secondary N) is 1. The fraction of sp³-hybridized carbons (Fsp3) is 0.269. The van der Waals surface area contributed by atoms with Crippen molar-refractivity contribution < 1.29 is 14.4 Å². The van der Waals surface area contributed by atoms with Crippen molar-refractivity contribution in [2.24, 2.45) is 0 Å². The third-order valence-electron chi connectivity index (χ3n) is 6.13. The van der Waals surface area contributed by atoms with Crippen LogP contribution in [0.5, 0.6) is 0 Å². The van der Waals surface area contributed by atoms with E-state index in [-0.39, 0.29) is 24.4 Å². The van der Waals surface area contributed by atoms with Gasteiger partial charge >= 0.3 is 5.97 Å². The van der Waals surface area contributed by atoms with Gasteiger partial charge in [-0.3, -0.25) is 4.90 Å². The van der Waals surface area contributed by atoms with Gasteiger partial charge in [-0.2, -0.15) is 0 Å². The molecule has 0 bridgehead atoms. The molecule has 1 aliphatic carbocycles. The number of allylic oxidation sites excluding steroid dienone is 1. The molecule has 34 heavy (non-hydrogen) atoms. The standard InChI is InChI=1S/C26H27N5O3/c27-26-28-16-22-23(29-26)14-19(21-9-5-4-8-20(21)18-6-2-1-3-7-18)15-24(22)30-34-25(32)17-31-10-12-33-13-11-31/h1-9,15-16,19,30H,10-14,17H2,(H2,27,28,29). The van der Waals surface area contributed by atoms with Crippen LogP contribution < -0.4 is 11.2 Å². The topological polar surface area (TPSA) is 103 Å². The highest BCUT2D eigenvalue weighted by molar-refractivity contribution is 5.75. The van der Waals surface area contributed by atoms with Crippen LogP contribution >= 0.6 is 0 Å². The van der Waals surface area contributed by atoms with Crippen molar-refractivity contribution in [3.05, 3.63) is 83.7 Å². The zero-order valence-electron chi connectivity index (χ0n) is 18.8. The van der Waals surface area contributed by atoms with E-state index in [1.54, 1.807) is 6.20 Å². The Bertz CT molecular complexity index is 1190. The Morgan fingerprint density at radius 2 is 1.85 bits per heavy atom.